The highest BCUT2D eigenvalue weighted by atomic mass is 16.5. The van der Waals surface area contributed by atoms with Gasteiger partial charge in [-0.2, -0.15) is 0 Å². The maximum Gasteiger partial charge on any atom is 0.221 e. The number of ether oxygens (including phenoxy) is 1. The van der Waals surface area contributed by atoms with Gasteiger partial charge in [0.1, 0.15) is 11.4 Å². The van der Waals surface area contributed by atoms with Crippen molar-refractivity contribution in [3.05, 3.63) is 29.3 Å². The second kappa shape index (κ2) is 5.61. The Morgan fingerprint density at radius 2 is 2.21 bits per heavy atom. The summed E-state index contributed by atoms with van der Waals surface area (Å²) in [6, 6.07) is 6.31. The average molecular weight is 262 g/mol. The zero-order valence-electron chi connectivity index (χ0n) is 11.9. The number of hydrogen-bond donors (Lipinski definition) is 2. The van der Waals surface area contributed by atoms with E-state index in [1.165, 1.54) is 11.1 Å². The lowest BCUT2D eigenvalue weighted by atomic mass is 10.0. The molecule has 4 heteroatoms. The minimum atomic E-state index is -0.0897. The van der Waals surface area contributed by atoms with Crippen molar-refractivity contribution >= 4 is 5.91 Å². The number of nitrogens with one attached hydrogen (secondary N) is 2. The molecule has 0 saturated heterocycles. The molecule has 19 heavy (non-hydrogen) atoms. The van der Waals surface area contributed by atoms with E-state index in [1.807, 2.05) is 6.07 Å². The summed E-state index contributed by atoms with van der Waals surface area (Å²) in [6.45, 7) is 5.69. The van der Waals surface area contributed by atoms with Gasteiger partial charge in [-0.3, -0.25) is 4.79 Å². The SMILES string of the molecule is CNC(=O)CCNCc1ccc2c(c1)CC(C)(C)O2. The fraction of sp³-hybridized carbons (Fsp3) is 0.533. The van der Waals surface area contributed by atoms with Crippen LogP contribution >= 0.6 is 0 Å². The maximum atomic E-state index is 11.1. The minimum absolute atomic E-state index is 0.0663. The van der Waals surface area contributed by atoms with Gasteiger partial charge in [0, 0.05) is 33.0 Å². The molecule has 0 aromatic heterocycles. The fourth-order valence-corrected chi connectivity index (χ4v) is 2.33. The van der Waals surface area contributed by atoms with E-state index in [4.69, 9.17) is 4.74 Å². The predicted molar refractivity (Wildman–Crippen MR) is 75.2 cm³/mol. The van der Waals surface area contributed by atoms with Crippen LogP contribution < -0.4 is 15.4 Å². The first-order chi connectivity index (χ1) is 9.00. The van der Waals surface area contributed by atoms with Crippen molar-refractivity contribution in [3.8, 4) is 5.75 Å². The molecule has 0 atom stereocenters. The van der Waals surface area contributed by atoms with Gasteiger partial charge < -0.3 is 15.4 Å². The summed E-state index contributed by atoms with van der Waals surface area (Å²) in [5.74, 6) is 1.07. The van der Waals surface area contributed by atoms with E-state index in [0.29, 0.717) is 13.0 Å². The zero-order chi connectivity index (χ0) is 13.9. The van der Waals surface area contributed by atoms with E-state index in [0.717, 1.165) is 18.7 Å². The monoisotopic (exact) mass is 262 g/mol. The summed E-state index contributed by atoms with van der Waals surface area (Å²) in [7, 11) is 1.66. The van der Waals surface area contributed by atoms with Gasteiger partial charge in [0.25, 0.3) is 0 Å². The fourth-order valence-electron chi connectivity index (χ4n) is 2.33. The van der Waals surface area contributed by atoms with Crippen molar-refractivity contribution in [3.63, 3.8) is 0 Å². The molecule has 0 aliphatic carbocycles. The number of carbonyl (C=O) groups excluding carboxylic acids is 1. The van der Waals surface area contributed by atoms with Gasteiger partial charge in [0.15, 0.2) is 0 Å². The van der Waals surface area contributed by atoms with E-state index in [-0.39, 0.29) is 11.5 Å². The summed E-state index contributed by atoms with van der Waals surface area (Å²) >= 11 is 0. The van der Waals surface area contributed by atoms with Crippen molar-refractivity contribution in [1.82, 2.24) is 10.6 Å². The topological polar surface area (TPSA) is 50.4 Å². The van der Waals surface area contributed by atoms with Crippen LogP contribution in [0.4, 0.5) is 0 Å². The largest absolute Gasteiger partial charge is 0.487 e. The molecular formula is C15H22N2O2. The van der Waals surface area contributed by atoms with Crippen molar-refractivity contribution in [2.75, 3.05) is 13.6 Å². The molecule has 0 saturated carbocycles. The van der Waals surface area contributed by atoms with Crippen LogP contribution in [0.3, 0.4) is 0 Å². The minimum Gasteiger partial charge on any atom is -0.487 e. The number of fused-ring (bicyclic) bond motifs is 1. The Kier molecular flexibility index (Phi) is 4.10. The molecule has 1 aromatic rings. The summed E-state index contributed by atoms with van der Waals surface area (Å²) < 4.78 is 5.85. The van der Waals surface area contributed by atoms with Crippen LogP contribution in [0.1, 0.15) is 31.4 Å². The Balaban J connectivity index is 1.85. The van der Waals surface area contributed by atoms with Crippen molar-refractivity contribution in [2.45, 2.75) is 38.8 Å². The van der Waals surface area contributed by atoms with Crippen molar-refractivity contribution in [2.24, 2.45) is 0 Å². The van der Waals surface area contributed by atoms with Crippen LogP contribution in [-0.4, -0.2) is 25.1 Å². The van der Waals surface area contributed by atoms with E-state index in [9.17, 15) is 4.79 Å². The lowest BCUT2D eigenvalue weighted by molar-refractivity contribution is -0.120. The Labute approximate surface area is 114 Å². The van der Waals surface area contributed by atoms with Crippen LogP contribution in [0.5, 0.6) is 5.75 Å². The molecule has 1 aliphatic rings. The van der Waals surface area contributed by atoms with Crippen LogP contribution in [-0.2, 0) is 17.8 Å². The van der Waals surface area contributed by atoms with Crippen LogP contribution in [0.25, 0.3) is 0 Å². The third-order valence-electron chi connectivity index (χ3n) is 3.26. The highest BCUT2D eigenvalue weighted by Gasteiger charge is 2.29. The normalized spacial score (nSPS) is 15.7. The molecule has 1 aliphatic heterocycles. The summed E-state index contributed by atoms with van der Waals surface area (Å²) in [5, 5.41) is 5.89. The van der Waals surface area contributed by atoms with E-state index in [1.54, 1.807) is 7.05 Å². The molecule has 0 unspecified atom stereocenters. The summed E-state index contributed by atoms with van der Waals surface area (Å²) in [6.07, 6.45) is 1.46. The number of rotatable bonds is 5. The average Bonchev–Trinajstić information content (AvgIpc) is 2.67. The van der Waals surface area contributed by atoms with Gasteiger partial charge in [-0.05, 0) is 31.0 Å². The molecule has 2 N–H and O–H groups in total. The summed E-state index contributed by atoms with van der Waals surface area (Å²) in [5.41, 5.74) is 2.42. The first-order valence-electron chi connectivity index (χ1n) is 6.72. The first kappa shape index (κ1) is 13.9. The molecule has 104 valence electrons. The van der Waals surface area contributed by atoms with E-state index in [2.05, 4.69) is 36.6 Å². The third-order valence-corrected chi connectivity index (χ3v) is 3.26. The molecule has 0 bridgehead atoms. The number of hydrogen-bond acceptors (Lipinski definition) is 3. The second-order valence-electron chi connectivity index (χ2n) is 5.58. The molecule has 1 aromatic carbocycles. The lowest BCUT2D eigenvalue weighted by Crippen LogP contribution is -2.24. The smallest absolute Gasteiger partial charge is 0.221 e. The van der Waals surface area contributed by atoms with Crippen molar-refractivity contribution < 1.29 is 9.53 Å². The highest BCUT2D eigenvalue weighted by molar-refractivity contribution is 5.75. The van der Waals surface area contributed by atoms with Gasteiger partial charge in [0.2, 0.25) is 5.91 Å². The molecule has 4 nitrogen and oxygen atoms in total. The summed E-state index contributed by atoms with van der Waals surface area (Å²) in [4.78, 5) is 11.1. The van der Waals surface area contributed by atoms with Gasteiger partial charge in [-0.15, -0.1) is 0 Å². The van der Waals surface area contributed by atoms with Crippen LogP contribution in [0.15, 0.2) is 18.2 Å². The van der Waals surface area contributed by atoms with Gasteiger partial charge in [-0.25, -0.2) is 0 Å². The molecule has 1 amide bonds. The lowest BCUT2D eigenvalue weighted by Gasteiger charge is -2.16. The quantitative estimate of drug-likeness (QED) is 0.793. The predicted octanol–water partition coefficient (Wildman–Crippen LogP) is 1.63. The number of benzene rings is 1. The maximum absolute atomic E-state index is 11.1. The third kappa shape index (κ3) is 3.70. The van der Waals surface area contributed by atoms with E-state index < -0.39 is 0 Å². The Morgan fingerprint density at radius 3 is 2.95 bits per heavy atom. The second-order valence-corrected chi connectivity index (χ2v) is 5.58. The first-order valence-corrected chi connectivity index (χ1v) is 6.72. The van der Waals surface area contributed by atoms with Crippen molar-refractivity contribution in [1.29, 1.82) is 0 Å². The number of amides is 1. The molecule has 0 fully saturated rings. The Morgan fingerprint density at radius 1 is 1.42 bits per heavy atom. The van der Waals surface area contributed by atoms with Gasteiger partial charge in [-0.1, -0.05) is 12.1 Å². The highest BCUT2D eigenvalue weighted by Crippen LogP contribution is 2.35. The van der Waals surface area contributed by atoms with Crippen LogP contribution in [0, 0.1) is 0 Å². The van der Waals surface area contributed by atoms with E-state index >= 15 is 0 Å². The molecule has 2 rings (SSSR count). The molecular weight excluding hydrogens is 240 g/mol. The van der Waals surface area contributed by atoms with Gasteiger partial charge in [0.05, 0.1) is 0 Å². The zero-order valence-corrected chi connectivity index (χ0v) is 11.9. The Bertz CT molecular complexity index is 469. The molecule has 0 radical (unpaired) electrons. The standard InChI is InChI=1S/C15H22N2O2/c1-15(2)9-12-8-11(4-5-13(12)19-15)10-17-7-6-14(18)16-3/h4-5,8,17H,6-7,9-10H2,1-3H3,(H,16,18). The molecule has 0 spiro atoms. The molecule has 1 heterocycles. The Hall–Kier alpha value is -1.55. The van der Waals surface area contributed by atoms with Gasteiger partial charge >= 0.3 is 0 Å². The number of carbonyl (C=O) groups is 1. The van der Waals surface area contributed by atoms with Crippen LogP contribution in [0.2, 0.25) is 0 Å².